The van der Waals surface area contributed by atoms with Crippen LogP contribution in [-0.2, 0) is 19.9 Å². The van der Waals surface area contributed by atoms with Crippen LogP contribution >= 0.6 is 11.6 Å². The van der Waals surface area contributed by atoms with Gasteiger partial charge in [0.05, 0.1) is 28.6 Å². The summed E-state index contributed by atoms with van der Waals surface area (Å²) in [4.78, 5) is 23.5. The van der Waals surface area contributed by atoms with E-state index in [0.717, 1.165) is 0 Å². The molecule has 2 aliphatic heterocycles. The molecule has 0 aromatic heterocycles. The van der Waals surface area contributed by atoms with Crippen LogP contribution in [-0.4, -0.2) is 52.8 Å². The van der Waals surface area contributed by atoms with Crippen LogP contribution in [0.3, 0.4) is 0 Å². The first-order valence-electron chi connectivity index (χ1n) is 11.5. The molecule has 3 N–H and O–H groups in total. The highest BCUT2D eigenvalue weighted by atomic mass is 35.5. The molecule has 0 unspecified atom stereocenters. The first kappa shape index (κ1) is 29.3. The van der Waals surface area contributed by atoms with Gasteiger partial charge in [0.2, 0.25) is 5.91 Å². The van der Waals surface area contributed by atoms with Crippen LogP contribution in [0.4, 0.5) is 22.0 Å². The molecule has 38 heavy (non-hydrogen) atoms. The molecule has 206 valence electrons. The van der Waals surface area contributed by atoms with Gasteiger partial charge in [-0.1, -0.05) is 35.9 Å². The second kappa shape index (κ2) is 11.2. The molecule has 0 radical (unpaired) electrons. The van der Waals surface area contributed by atoms with E-state index in [2.05, 4.69) is 5.32 Å². The van der Waals surface area contributed by atoms with Gasteiger partial charge in [-0.3, -0.25) is 15.1 Å². The summed E-state index contributed by atoms with van der Waals surface area (Å²) in [7, 11) is 0. The molecule has 0 bridgehead atoms. The van der Waals surface area contributed by atoms with Crippen LogP contribution in [0.15, 0.2) is 36.4 Å². The molecular weight excluding hydrogens is 537 g/mol. The topological polar surface area (TPSA) is 103 Å². The Morgan fingerprint density at radius 1 is 1.21 bits per heavy atom. The van der Waals surface area contributed by atoms with Crippen molar-refractivity contribution in [2.24, 2.45) is 0 Å². The summed E-state index contributed by atoms with van der Waals surface area (Å²) in [6.45, 7) is 4.27. The van der Waals surface area contributed by atoms with E-state index >= 15 is 0 Å². The van der Waals surface area contributed by atoms with Crippen LogP contribution in [0, 0.1) is 17.0 Å². The number of hydrogen-bond donors (Lipinski definition) is 3. The van der Waals surface area contributed by atoms with Crippen LogP contribution in [0.1, 0.15) is 38.7 Å². The van der Waals surface area contributed by atoms with Gasteiger partial charge in [-0.2, -0.15) is 13.2 Å². The maximum absolute atomic E-state index is 14.4. The maximum Gasteiger partial charge on any atom is 0.490 e. The van der Waals surface area contributed by atoms with Crippen molar-refractivity contribution < 1.29 is 41.4 Å². The number of hydrogen-bond acceptors (Lipinski definition) is 4. The summed E-state index contributed by atoms with van der Waals surface area (Å²) in [6.07, 6.45) is -3.67. The van der Waals surface area contributed by atoms with Crippen LogP contribution in [0.2, 0.25) is 5.02 Å². The van der Waals surface area contributed by atoms with Gasteiger partial charge in [0.1, 0.15) is 11.6 Å². The van der Waals surface area contributed by atoms with E-state index in [0.29, 0.717) is 25.0 Å². The number of aliphatic carboxylic acids is 1. The average molecular weight is 562 g/mol. The van der Waals surface area contributed by atoms with E-state index in [1.165, 1.54) is 23.1 Å². The summed E-state index contributed by atoms with van der Waals surface area (Å²) in [5.74, 6) is -4.39. The largest absolute Gasteiger partial charge is 0.490 e. The van der Waals surface area contributed by atoms with Crippen molar-refractivity contribution in [3.05, 3.63) is 58.6 Å². The molecule has 2 saturated heterocycles. The molecular formula is C25H25ClF5N3O4. The van der Waals surface area contributed by atoms with Crippen molar-refractivity contribution in [3.8, 4) is 11.1 Å². The zero-order valence-corrected chi connectivity index (χ0v) is 21.1. The van der Waals surface area contributed by atoms with E-state index < -0.39 is 29.3 Å². The first-order valence-corrected chi connectivity index (χ1v) is 11.9. The standard InChI is InChI=1S/C23H24ClF2N3O2.C2HF3O2/c1-13-11-14(9-10-31-13)29-19(30)12-23(2,28-22(29)27)16-6-3-5-15(21(16)24)20-17(25)7-4-8-18(20)26;3-2(4,5)1(6)7/h3-8,13-14H,9-12H2,1-2H3,(H2,27,28);(H,6,7)/t13-,14-,23-;/m0./s1. The number of carbonyl (C=O) groups excluding carboxylic acids is 1. The minimum absolute atomic E-state index is 0.00334. The molecule has 2 aromatic rings. The predicted molar refractivity (Wildman–Crippen MR) is 129 cm³/mol. The number of carbonyl (C=O) groups is 2. The smallest absolute Gasteiger partial charge is 0.475 e. The highest BCUT2D eigenvalue weighted by molar-refractivity contribution is 6.34. The second-order valence-corrected chi connectivity index (χ2v) is 9.55. The van der Waals surface area contributed by atoms with E-state index in [9.17, 15) is 26.7 Å². The van der Waals surface area contributed by atoms with Crippen molar-refractivity contribution in [1.82, 2.24) is 10.2 Å². The Labute approximate surface area is 220 Å². The molecule has 2 fully saturated rings. The molecule has 0 aliphatic carbocycles. The van der Waals surface area contributed by atoms with E-state index in [4.69, 9.17) is 31.6 Å². The van der Waals surface area contributed by atoms with Crippen molar-refractivity contribution in [2.75, 3.05) is 6.61 Å². The Morgan fingerprint density at radius 3 is 2.32 bits per heavy atom. The number of nitrogens with zero attached hydrogens (tertiary/aromatic N) is 1. The SMILES string of the molecule is C[C@H]1C[C@@H](N2C(=N)N[C@](C)(c3cccc(-c4c(F)cccc4F)c3Cl)CC2=O)CCO1.O=C(O)C(F)(F)F. The van der Waals surface area contributed by atoms with Crippen molar-refractivity contribution in [3.63, 3.8) is 0 Å². The van der Waals surface area contributed by atoms with E-state index in [1.54, 1.807) is 25.1 Å². The Morgan fingerprint density at radius 2 is 1.79 bits per heavy atom. The van der Waals surface area contributed by atoms with Gasteiger partial charge in [-0.05, 0) is 44.4 Å². The van der Waals surface area contributed by atoms with Gasteiger partial charge < -0.3 is 15.2 Å². The number of nitrogens with one attached hydrogen (secondary N) is 2. The number of halogens is 6. The molecule has 3 atom stereocenters. The van der Waals surface area contributed by atoms with Crippen molar-refractivity contribution in [2.45, 2.75) is 57.0 Å². The van der Waals surface area contributed by atoms with Gasteiger partial charge in [-0.15, -0.1) is 0 Å². The lowest BCUT2D eigenvalue weighted by Crippen LogP contribution is -2.63. The minimum atomic E-state index is -5.08. The van der Waals surface area contributed by atoms with E-state index in [1.807, 2.05) is 6.92 Å². The van der Waals surface area contributed by atoms with Gasteiger partial charge >= 0.3 is 12.1 Å². The molecule has 13 heteroatoms. The fourth-order valence-electron chi connectivity index (χ4n) is 4.54. The molecule has 1 amide bonds. The normalized spacial score (nSPS) is 23.8. The number of ether oxygens (including phenoxy) is 1. The molecule has 0 saturated carbocycles. The van der Waals surface area contributed by atoms with Crippen LogP contribution < -0.4 is 5.32 Å². The fourth-order valence-corrected chi connectivity index (χ4v) is 4.97. The van der Waals surface area contributed by atoms with Crippen molar-refractivity contribution in [1.29, 1.82) is 5.41 Å². The zero-order chi connectivity index (χ0) is 28.4. The Balaban J connectivity index is 0.000000505. The monoisotopic (exact) mass is 561 g/mol. The van der Waals surface area contributed by atoms with Crippen LogP contribution in [0.5, 0.6) is 0 Å². The van der Waals surface area contributed by atoms with Crippen molar-refractivity contribution >= 4 is 29.4 Å². The fraction of sp³-hybridized carbons (Fsp3) is 0.400. The van der Waals surface area contributed by atoms with Gasteiger partial charge in [-0.25, -0.2) is 13.6 Å². The van der Waals surface area contributed by atoms with Crippen LogP contribution in [0.25, 0.3) is 11.1 Å². The third-order valence-corrected chi connectivity index (χ3v) is 6.71. The average Bonchev–Trinajstić information content (AvgIpc) is 2.79. The van der Waals surface area contributed by atoms with Gasteiger partial charge in [0, 0.05) is 18.2 Å². The molecule has 7 nitrogen and oxygen atoms in total. The number of alkyl halides is 3. The third kappa shape index (κ3) is 6.24. The Bertz CT molecular complexity index is 1200. The lowest BCUT2D eigenvalue weighted by atomic mass is 9.84. The number of amides is 1. The second-order valence-electron chi connectivity index (χ2n) is 9.17. The number of carboxylic acid groups (broad SMARTS) is 1. The minimum Gasteiger partial charge on any atom is -0.475 e. The summed E-state index contributed by atoms with van der Waals surface area (Å²) in [5.41, 5.74) is -0.492. The Hall–Kier alpha value is -3.25. The maximum atomic E-state index is 14.4. The lowest BCUT2D eigenvalue weighted by molar-refractivity contribution is -0.192. The number of rotatable bonds is 3. The third-order valence-electron chi connectivity index (χ3n) is 6.30. The molecule has 0 spiro atoms. The Kier molecular flexibility index (Phi) is 8.67. The zero-order valence-electron chi connectivity index (χ0n) is 20.3. The highest BCUT2D eigenvalue weighted by Crippen LogP contribution is 2.41. The van der Waals surface area contributed by atoms with E-state index in [-0.39, 0.29) is 46.6 Å². The summed E-state index contributed by atoms with van der Waals surface area (Å²) < 4.78 is 66.1. The van der Waals surface area contributed by atoms with Gasteiger partial charge in [0.15, 0.2) is 5.96 Å². The summed E-state index contributed by atoms with van der Waals surface area (Å²) in [6, 6.07) is 8.45. The molecule has 4 rings (SSSR count). The summed E-state index contributed by atoms with van der Waals surface area (Å²) >= 11 is 6.62. The molecule has 2 heterocycles. The number of carboxylic acids is 1. The quantitative estimate of drug-likeness (QED) is 0.432. The number of guanidine groups is 1. The molecule has 2 aromatic carbocycles. The molecule has 2 aliphatic rings. The highest BCUT2D eigenvalue weighted by Gasteiger charge is 2.44. The lowest BCUT2D eigenvalue weighted by Gasteiger charge is -2.45. The summed E-state index contributed by atoms with van der Waals surface area (Å²) in [5, 5.41) is 18.9. The predicted octanol–water partition coefficient (Wildman–Crippen LogP) is 5.46. The number of benzene rings is 2. The first-order chi connectivity index (χ1) is 17.7. The van der Waals surface area contributed by atoms with Gasteiger partial charge in [0.25, 0.3) is 0 Å².